The molecule has 3 rings (SSSR count). The van der Waals surface area contributed by atoms with Crippen molar-refractivity contribution in [2.45, 2.75) is 30.6 Å². The Bertz CT molecular complexity index is 1070. The Balaban J connectivity index is 1.52. The summed E-state index contributed by atoms with van der Waals surface area (Å²) in [5.41, 5.74) is 0.557. The molecule has 0 aliphatic carbocycles. The summed E-state index contributed by atoms with van der Waals surface area (Å²) in [6.07, 6.45) is 3.87. The summed E-state index contributed by atoms with van der Waals surface area (Å²) in [6.45, 7) is 0.828. The minimum atomic E-state index is -3.52. The van der Waals surface area contributed by atoms with E-state index in [1.54, 1.807) is 34.6 Å². The largest absolute Gasteiger partial charge is 0.482 e. The lowest BCUT2D eigenvalue weighted by Crippen LogP contribution is -2.37. The molecule has 1 heterocycles. The summed E-state index contributed by atoms with van der Waals surface area (Å²) < 4.78 is 33.4. The number of hydrogen-bond acceptors (Lipinski definition) is 5. The van der Waals surface area contributed by atoms with Crippen molar-refractivity contribution in [2.24, 2.45) is 0 Å². The molecule has 0 unspecified atom stereocenters. The third-order valence-corrected chi connectivity index (χ3v) is 7.73. The average Bonchev–Trinajstić information content (AvgIpc) is 3.03. The molecule has 11 heteroatoms. The topological polar surface area (TPSA) is 87.7 Å². The highest BCUT2D eigenvalue weighted by molar-refractivity contribution is 9.10. The second-order valence-corrected chi connectivity index (χ2v) is 10.9. The zero-order valence-corrected chi connectivity index (χ0v) is 21.1. The Kier molecular flexibility index (Phi) is 8.89. The summed E-state index contributed by atoms with van der Waals surface area (Å²) in [6, 6.07) is 11.4. The van der Waals surface area contributed by atoms with E-state index in [1.807, 2.05) is 0 Å². The van der Waals surface area contributed by atoms with Crippen LogP contribution in [0, 0.1) is 0 Å². The van der Waals surface area contributed by atoms with Gasteiger partial charge in [-0.1, -0.05) is 40.4 Å². The molecular formula is C21H23BrClN3O4S2. The number of carbonyl (C=O) groups is 1. The number of halogens is 2. The van der Waals surface area contributed by atoms with Crippen LogP contribution in [0.2, 0.25) is 5.02 Å². The summed E-state index contributed by atoms with van der Waals surface area (Å²) in [5, 5.41) is 5.82. The fraction of sp³-hybridized carbons (Fsp3) is 0.333. The monoisotopic (exact) mass is 559 g/mol. The van der Waals surface area contributed by atoms with Crippen LogP contribution in [0.25, 0.3) is 0 Å². The van der Waals surface area contributed by atoms with Crippen LogP contribution in [0.5, 0.6) is 5.75 Å². The van der Waals surface area contributed by atoms with Crippen LogP contribution in [-0.4, -0.2) is 43.4 Å². The van der Waals surface area contributed by atoms with Gasteiger partial charge in [-0.25, -0.2) is 8.42 Å². The van der Waals surface area contributed by atoms with Gasteiger partial charge in [0.15, 0.2) is 11.7 Å². The standard InChI is InChI=1S/C21H23BrClN3O4S2/c22-15-5-10-19(18(23)13-15)30-14-20(27)25-21(31)24-16-6-8-17(9-7-16)32(28,29)26-11-3-1-2-4-12-26/h5-10,13H,1-4,11-12,14H2,(H2,24,25,27,31). The lowest BCUT2D eigenvalue weighted by Gasteiger charge is -2.20. The maximum atomic E-state index is 12.8. The van der Waals surface area contributed by atoms with Gasteiger partial charge < -0.3 is 10.1 Å². The molecule has 7 nitrogen and oxygen atoms in total. The number of benzene rings is 2. The zero-order chi connectivity index (χ0) is 23.1. The lowest BCUT2D eigenvalue weighted by atomic mass is 10.2. The van der Waals surface area contributed by atoms with Crippen molar-refractivity contribution in [3.05, 3.63) is 52.0 Å². The number of sulfonamides is 1. The molecule has 2 N–H and O–H groups in total. The van der Waals surface area contributed by atoms with Crippen LogP contribution >= 0.6 is 39.7 Å². The van der Waals surface area contributed by atoms with Crippen LogP contribution < -0.4 is 15.4 Å². The molecule has 0 bridgehead atoms. The predicted octanol–water partition coefficient (Wildman–Crippen LogP) is 4.56. The van der Waals surface area contributed by atoms with Gasteiger partial charge in [-0.05, 0) is 67.5 Å². The first-order valence-corrected chi connectivity index (χ1v) is 13.1. The number of ether oxygens (including phenoxy) is 1. The first-order chi connectivity index (χ1) is 15.3. The van der Waals surface area contributed by atoms with Gasteiger partial charge in [0.25, 0.3) is 5.91 Å². The number of hydrogen-bond donors (Lipinski definition) is 2. The van der Waals surface area contributed by atoms with Gasteiger partial charge in [-0.3, -0.25) is 10.1 Å². The van der Waals surface area contributed by atoms with E-state index < -0.39 is 15.9 Å². The number of rotatable bonds is 6. The Morgan fingerprint density at radius 1 is 1.09 bits per heavy atom. The van der Waals surface area contributed by atoms with Crippen molar-refractivity contribution in [2.75, 3.05) is 25.0 Å². The smallest absolute Gasteiger partial charge is 0.264 e. The quantitative estimate of drug-likeness (QED) is 0.504. The van der Waals surface area contributed by atoms with Gasteiger partial charge in [0.1, 0.15) is 5.75 Å². The minimum Gasteiger partial charge on any atom is -0.482 e. The molecule has 2 aromatic rings. The van der Waals surface area contributed by atoms with Gasteiger partial charge in [-0.15, -0.1) is 0 Å². The van der Waals surface area contributed by atoms with Crippen LogP contribution in [0.1, 0.15) is 25.7 Å². The highest BCUT2D eigenvalue weighted by Gasteiger charge is 2.25. The number of nitrogens with one attached hydrogen (secondary N) is 2. The molecule has 1 saturated heterocycles. The average molecular weight is 561 g/mol. The summed E-state index contributed by atoms with van der Waals surface area (Å²) in [4.78, 5) is 12.3. The molecule has 0 radical (unpaired) electrons. The third-order valence-electron chi connectivity index (χ3n) is 4.82. The molecule has 2 aromatic carbocycles. The van der Waals surface area contributed by atoms with Gasteiger partial charge in [0, 0.05) is 23.2 Å². The minimum absolute atomic E-state index is 0.0728. The first kappa shape index (κ1) is 24.9. The Morgan fingerprint density at radius 3 is 2.38 bits per heavy atom. The molecule has 1 aliphatic rings. The molecule has 32 heavy (non-hydrogen) atoms. The van der Waals surface area contributed by atoms with E-state index in [2.05, 4.69) is 26.6 Å². The second-order valence-electron chi connectivity index (χ2n) is 7.21. The number of thiocarbonyl (C=S) groups is 1. The van der Waals surface area contributed by atoms with Crippen LogP contribution in [0.15, 0.2) is 51.8 Å². The molecule has 1 amide bonds. The molecule has 1 fully saturated rings. The van der Waals surface area contributed by atoms with E-state index in [9.17, 15) is 13.2 Å². The van der Waals surface area contributed by atoms with E-state index in [4.69, 9.17) is 28.6 Å². The Morgan fingerprint density at radius 2 is 1.75 bits per heavy atom. The summed E-state index contributed by atoms with van der Waals surface area (Å²) in [7, 11) is -3.52. The van der Waals surface area contributed by atoms with E-state index in [0.717, 1.165) is 30.2 Å². The number of carbonyl (C=O) groups excluding carboxylic acids is 1. The molecule has 0 saturated carbocycles. The van der Waals surface area contributed by atoms with E-state index >= 15 is 0 Å². The van der Waals surface area contributed by atoms with Crippen LogP contribution in [0.4, 0.5) is 5.69 Å². The van der Waals surface area contributed by atoms with Crippen molar-refractivity contribution < 1.29 is 17.9 Å². The highest BCUT2D eigenvalue weighted by Crippen LogP contribution is 2.27. The maximum Gasteiger partial charge on any atom is 0.264 e. The molecule has 0 atom stereocenters. The highest BCUT2D eigenvalue weighted by atomic mass is 79.9. The van der Waals surface area contributed by atoms with Crippen molar-refractivity contribution in [3.8, 4) is 5.75 Å². The van der Waals surface area contributed by atoms with E-state index in [-0.39, 0.29) is 16.6 Å². The third kappa shape index (κ3) is 6.89. The van der Waals surface area contributed by atoms with E-state index in [0.29, 0.717) is 29.5 Å². The van der Waals surface area contributed by atoms with Gasteiger partial charge in [-0.2, -0.15) is 4.31 Å². The molecule has 0 spiro atoms. The van der Waals surface area contributed by atoms with Crippen molar-refractivity contribution >= 4 is 66.5 Å². The fourth-order valence-corrected chi connectivity index (χ4v) is 5.68. The van der Waals surface area contributed by atoms with Crippen molar-refractivity contribution in [3.63, 3.8) is 0 Å². The Labute approximate surface area is 206 Å². The molecule has 1 aliphatic heterocycles. The van der Waals surface area contributed by atoms with Gasteiger partial charge in [0.2, 0.25) is 10.0 Å². The summed E-state index contributed by atoms with van der Waals surface area (Å²) >= 11 is 14.5. The van der Waals surface area contributed by atoms with Crippen molar-refractivity contribution in [1.82, 2.24) is 9.62 Å². The van der Waals surface area contributed by atoms with Gasteiger partial charge >= 0.3 is 0 Å². The lowest BCUT2D eigenvalue weighted by molar-refractivity contribution is -0.121. The summed E-state index contributed by atoms with van der Waals surface area (Å²) in [5.74, 6) is -0.0769. The van der Waals surface area contributed by atoms with Gasteiger partial charge in [0.05, 0.1) is 9.92 Å². The molecule has 0 aromatic heterocycles. The molecule has 172 valence electrons. The number of amides is 1. The van der Waals surface area contributed by atoms with Crippen LogP contribution in [-0.2, 0) is 14.8 Å². The first-order valence-electron chi connectivity index (χ1n) is 10.0. The Hall–Kier alpha value is -1.72. The van der Waals surface area contributed by atoms with Crippen LogP contribution in [0.3, 0.4) is 0 Å². The van der Waals surface area contributed by atoms with E-state index in [1.165, 1.54) is 12.1 Å². The SMILES string of the molecule is O=C(COc1ccc(Br)cc1Cl)NC(=S)Nc1ccc(S(=O)(=O)N2CCCCCC2)cc1. The number of nitrogens with zero attached hydrogens (tertiary/aromatic N) is 1. The maximum absolute atomic E-state index is 12.8. The fourth-order valence-electron chi connectivity index (χ4n) is 3.20. The molecular weight excluding hydrogens is 538 g/mol. The second kappa shape index (κ2) is 11.4. The normalized spacial score (nSPS) is 14.9. The predicted molar refractivity (Wildman–Crippen MR) is 133 cm³/mol. The van der Waals surface area contributed by atoms with Crippen molar-refractivity contribution in [1.29, 1.82) is 0 Å². The zero-order valence-electron chi connectivity index (χ0n) is 17.1. The number of anilines is 1.